The zero-order chi connectivity index (χ0) is 11.3. The Kier molecular flexibility index (Phi) is 4.45. The van der Waals surface area contributed by atoms with E-state index in [0.717, 1.165) is 13.0 Å². The van der Waals surface area contributed by atoms with E-state index in [9.17, 15) is 13.6 Å². The molecule has 88 valence electrons. The molecule has 0 aromatic rings. The van der Waals surface area contributed by atoms with Crippen molar-refractivity contribution in [3.8, 4) is 0 Å². The average Bonchev–Trinajstić information content (AvgIpc) is 2.10. The van der Waals surface area contributed by atoms with Gasteiger partial charge in [0.2, 0.25) is 5.91 Å². The van der Waals surface area contributed by atoms with Crippen molar-refractivity contribution in [1.29, 1.82) is 0 Å². The van der Waals surface area contributed by atoms with Gasteiger partial charge in [0.1, 0.15) is 0 Å². The predicted molar refractivity (Wildman–Crippen MR) is 53.7 cm³/mol. The number of unbranched alkanes of at least 4 members (excludes halogenated alkanes) is 1. The number of carbonyl (C=O) groups excluding carboxylic acids is 1. The molecule has 1 amide bonds. The molecule has 0 unspecified atom stereocenters. The number of nitrogens with zero attached hydrogens (tertiary/aromatic N) is 1. The highest BCUT2D eigenvalue weighted by Gasteiger charge is 2.34. The summed E-state index contributed by atoms with van der Waals surface area (Å²) in [7, 11) is 0. The number of rotatable bonds is 5. The van der Waals surface area contributed by atoms with Crippen LogP contribution in [-0.4, -0.2) is 36.4 Å². The van der Waals surface area contributed by atoms with Gasteiger partial charge in [-0.2, -0.15) is 0 Å². The minimum Gasteiger partial charge on any atom is -0.370 e. The lowest BCUT2D eigenvalue weighted by molar-refractivity contribution is -0.118. The zero-order valence-corrected chi connectivity index (χ0v) is 8.85. The van der Waals surface area contributed by atoms with Crippen LogP contribution in [0.15, 0.2) is 0 Å². The van der Waals surface area contributed by atoms with Crippen LogP contribution >= 0.6 is 0 Å². The third kappa shape index (κ3) is 5.06. The molecule has 0 saturated carbocycles. The van der Waals surface area contributed by atoms with E-state index < -0.39 is 5.92 Å². The summed E-state index contributed by atoms with van der Waals surface area (Å²) in [5, 5.41) is 0. The Balaban J connectivity index is 2.13. The summed E-state index contributed by atoms with van der Waals surface area (Å²) in [6.07, 6.45) is 2.37. The van der Waals surface area contributed by atoms with Gasteiger partial charge in [-0.3, -0.25) is 9.69 Å². The second-order valence-corrected chi connectivity index (χ2v) is 4.16. The van der Waals surface area contributed by atoms with Crippen LogP contribution in [0.25, 0.3) is 0 Å². The largest absolute Gasteiger partial charge is 0.370 e. The number of amides is 1. The first-order valence-corrected chi connectivity index (χ1v) is 5.38. The number of likely N-dealkylation sites (tertiary alicyclic amines) is 1. The van der Waals surface area contributed by atoms with E-state index in [4.69, 9.17) is 5.73 Å². The standard InChI is InChI=1S/C10H18F2N2O/c11-10(12)5-3-7-14(8-10)6-2-1-4-9(13)15/h1-8H2,(H2,13,15). The normalized spacial score (nSPS) is 21.5. The number of nitrogens with two attached hydrogens (primary N) is 1. The van der Waals surface area contributed by atoms with E-state index in [-0.39, 0.29) is 18.9 Å². The third-order valence-electron chi connectivity index (χ3n) is 2.62. The quantitative estimate of drug-likeness (QED) is 0.711. The van der Waals surface area contributed by atoms with Crippen molar-refractivity contribution in [3.63, 3.8) is 0 Å². The minimum atomic E-state index is -2.53. The molecule has 3 nitrogen and oxygen atoms in total. The van der Waals surface area contributed by atoms with Gasteiger partial charge in [0, 0.05) is 12.8 Å². The molecule has 0 spiro atoms. The highest BCUT2D eigenvalue weighted by molar-refractivity contribution is 5.73. The van der Waals surface area contributed by atoms with E-state index in [0.29, 0.717) is 25.8 Å². The summed E-state index contributed by atoms with van der Waals surface area (Å²) in [5.74, 6) is -2.85. The van der Waals surface area contributed by atoms with Crippen molar-refractivity contribution in [3.05, 3.63) is 0 Å². The van der Waals surface area contributed by atoms with Crippen molar-refractivity contribution in [2.24, 2.45) is 5.73 Å². The fourth-order valence-electron chi connectivity index (χ4n) is 1.87. The van der Waals surface area contributed by atoms with E-state index >= 15 is 0 Å². The molecule has 1 heterocycles. The molecule has 0 aromatic heterocycles. The van der Waals surface area contributed by atoms with E-state index in [1.807, 2.05) is 0 Å². The van der Waals surface area contributed by atoms with Crippen molar-refractivity contribution < 1.29 is 13.6 Å². The Labute approximate surface area is 88.6 Å². The number of hydrogen-bond acceptors (Lipinski definition) is 2. The van der Waals surface area contributed by atoms with Gasteiger partial charge >= 0.3 is 0 Å². The van der Waals surface area contributed by atoms with Gasteiger partial charge in [-0.1, -0.05) is 0 Å². The average molecular weight is 220 g/mol. The number of alkyl halides is 2. The lowest BCUT2D eigenvalue weighted by atomic mass is 10.1. The van der Waals surface area contributed by atoms with Gasteiger partial charge in [0.15, 0.2) is 0 Å². The predicted octanol–water partition coefficient (Wildman–Crippen LogP) is 1.37. The topological polar surface area (TPSA) is 46.3 Å². The number of primary amides is 1. The summed E-state index contributed by atoms with van der Waals surface area (Å²) < 4.78 is 26.0. The van der Waals surface area contributed by atoms with Crippen LogP contribution in [0.3, 0.4) is 0 Å². The maximum atomic E-state index is 13.0. The molecule has 1 aliphatic rings. The molecular weight excluding hydrogens is 202 g/mol. The first-order valence-electron chi connectivity index (χ1n) is 5.38. The lowest BCUT2D eigenvalue weighted by Crippen LogP contribution is -2.42. The number of halogens is 2. The molecule has 5 heteroatoms. The van der Waals surface area contributed by atoms with Crippen LogP contribution < -0.4 is 5.73 Å². The molecular formula is C10H18F2N2O. The zero-order valence-electron chi connectivity index (χ0n) is 8.85. The molecule has 1 saturated heterocycles. The van der Waals surface area contributed by atoms with E-state index in [1.54, 1.807) is 4.90 Å². The van der Waals surface area contributed by atoms with Crippen molar-refractivity contribution >= 4 is 5.91 Å². The molecule has 1 rings (SSSR count). The van der Waals surface area contributed by atoms with E-state index in [1.165, 1.54) is 0 Å². The summed E-state index contributed by atoms with van der Waals surface area (Å²) in [6.45, 7) is 1.25. The highest BCUT2D eigenvalue weighted by atomic mass is 19.3. The van der Waals surface area contributed by atoms with Gasteiger partial charge in [-0.25, -0.2) is 8.78 Å². The minimum absolute atomic E-state index is 0.00475. The van der Waals surface area contributed by atoms with Gasteiger partial charge < -0.3 is 5.73 Å². The smallest absolute Gasteiger partial charge is 0.260 e. The molecule has 0 radical (unpaired) electrons. The second kappa shape index (κ2) is 5.39. The Morgan fingerprint density at radius 3 is 2.73 bits per heavy atom. The van der Waals surface area contributed by atoms with Crippen LogP contribution in [-0.2, 0) is 4.79 Å². The Hall–Kier alpha value is -0.710. The Morgan fingerprint density at radius 1 is 1.40 bits per heavy atom. The van der Waals surface area contributed by atoms with Crippen molar-refractivity contribution in [2.75, 3.05) is 19.6 Å². The summed E-state index contributed by atoms with van der Waals surface area (Å²) in [6, 6.07) is 0. The van der Waals surface area contributed by atoms with Gasteiger partial charge in [0.25, 0.3) is 5.92 Å². The molecule has 1 aliphatic heterocycles. The van der Waals surface area contributed by atoms with Gasteiger partial charge in [0.05, 0.1) is 6.54 Å². The van der Waals surface area contributed by atoms with Crippen LogP contribution in [0.5, 0.6) is 0 Å². The molecule has 0 bridgehead atoms. The maximum Gasteiger partial charge on any atom is 0.260 e. The summed E-state index contributed by atoms with van der Waals surface area (Å²) in [5.41, 5.74) is 4.98. The van der Waals surface area contributed by atoms with Crippen LogP contribution in [0.2, 0.25) is 0 Å². The molecule has 0 atom stereocenters. The molecule has 0 aromatic carbocycles. The maximum absolute atomic E-state index is 13.0. The molecule has 0 aliphatic carbocycles. The highest BCUT2D eigenvalue weighted by Crippen LogP contribution is 2.26. The lowest BCUT2D eigenvalue weighted by Gasteiger charge is -2.32. The van der Waals surface area contributed by atoms with Crippen LogP contribution in [0.1, 0.15) is 32.1 Å². The van der Waals surface area contributed by atoms with Crippen molar-refractivity contribution in [1.82, 2.24) is 4.90 Å². The second-order valence-electron chi connectivity index (χ2n) is 4.16. The van der Waals surface area contributed by atoms with Crippen LogP contribution in [0.4, 0.5) is 8.78 Å². The number of carbonyl (C=O) groups is 1. The fraction of sp³-hybridized carbons (Fsp3) is 0.900. The van der Waals surface area contributed by atoms with E-state index in [2.05, 4.69) is 0 Å². The third-order valence-corrected chi connectivity index (χ3v) is 2.62. The number of piperidine rings is 1. The van der Waals surface area contributed by atoms with Gasteiger partial charge in [-0.15, -0.1) is 0 Å². The molecule has 2 N–H and O–H groups in total. The monoisotopic (exact) mass is 220 g/mol. The first-order chi connectivity index (χ1) is 6.99. The van der Waals surface area contributed by atoms with Crippen LogP contribution in [0, 0.1) is 0 Å². The SMILES string of the molecule is NC(=O)CCCCN1CCCC(F)(F)C1. The fourth-order valence-corrected chi connectivity index (χ4v) is 1.87. The first kappa shape index (κ1) is 12.4. The molecule has 1 fully saturated rings. The van der Waals surface area contributed by atoms with Gasteiger partial charge in [-0.05, 0) is 32.4 Å². The Morgan fingerprint density at radius 2 is 2.13 bits per heavy atom. The Bertz CT molecular complexity index is 221. The summed E-state index contributed by atoms with van der Waals surface area (Å²) in [4.78, 5) is 12.2. The van der Waals surface area contributed by atoms with Crippen molar-refractivity contribution in [2.45, 2.75) is 38.0 Å². The number of hydrogen-bond donors (Lipinski definition) is 1. The molecule has 15 heavy (non-hydrogen) atoms. The summed E-state index contributed by atoms with van der Waals surface area (Å²) >= 11 is 0.